The van der Waals surface area contributed by atoms with Gasteiger partial charge < -0.3 is 15.4 Å². The second kappa shape index (κ2) is 6.80. The van der Waals surface area contributed by atoms with E-state index in [2.05, 4.69) is 10.6 Å². The zero-order chi connectivity index (χ0) is 11.8. The van der Waals surface area contributed by atoms with E-state index in [9.17, 15) is 14.4 Å². The fourth-order valence-corrected chi connectivity index (χ4v) is 0.743. The third-order valence-corrected chi connectivity index (χ3v) is 1.29. The van der Waals surface area contributed by atoms with E-state index in [0.29, 0.717) is 0 Å². The molecule has 6 heteroatoms. The van der Waals surface area contributed by atoms with E-state index in [1.165, 1.54) is 6.92 Å². The molecule has 0 spiro atoms. The van der Waals surface area contributed by atoms with Crippen molar-refractivity contribution in [1.29, 1.82) is 0 Å². The van der Waals surface area contributed by atoms with Crippen molar-refractivity contribution < 1.29 is 19.1 Å². The Balaban J connectivity index is 3.62. The minimum absolute atomic E-state index is 0.135. The summed E-state index contributed by atoms with van der Waals surface area (Å²) in [5, 5.41) is 4.62. The summed E-state index contributed by atoms with van der Waals surface area (Å²) >= 11 is 0. The molecule has 0 radical (unpaired) electrons. The molecule has 0 heterocycles. The van der Waals surface area contributed by atoms with Crippen LogP contribution in [0.25, 0.3) is 0 Å². The lowest BCUT2D eigenvalue weighted by atomic mass is 10.4. The Kier molecular flexibility index (Phi) is 6.08. The van der Waals surface area contributed by atoms with Crippen molar-refractivity contribution in [2.75, 3.05) is 13.1 Å². The van der Waals surface area contributed by atoms with Crippen LogP contribution in [-0.2, 0) is 19.1 Å². The van der Waals surface area contributed by atoms with Gasteiger partial charge in [0.1, 0.15) is 6.54 Å². The maximum atomic E-state index is 11.0. The molecule has 0 saturated heterocycles. The summed E-state index contributed by atoms with van der Waals surface area (Å²) in [6, 6.07) is 0. The zero-order valence-electron chi connectivity index (χ0n) is 9.12. The number of carbonyl (C=O) groups is 3. The summed E-state index contributed by atoms with van der Waals surface area (Å²) in [5.41, 5.74) is 0. The van der Waals surface area contributed by atoms with Gasteiger partial charge in [-0.05, 0) is 13.8 Å². The zero-order valence-corrected chi connectivity index (χ0v) is 9.12. The maximum Gasteiger partial charge on any atom is 0.325 e. The summed E-state index contributed by atoms with van der Waals surface area (Å²) in [7, 11) is 0. The van der Waals surface area contributed by atoms with Crippen LogP contribution in [-0.4, -0.2) is 37.0 Å². The van der Waals surface area contributed by atoms with E-state index in [1.54, 1.807) is 13.8 Å². The third kappa shape index (κ3) is 8.73. The molecule has 0 aromatic rings. The molecule has 0 saturated carbocycles. The summed E-state index contributed by atoms with van der Waals surface area (Å²) in [6.45, 7) is 4.43. The van der Waals surface area contributed by atoms with Crippen molar-refractivity contribution in [2.45, 2.75) is 26.9 Å². The lowest BCUT2D eigenvalue weighted by Gasteiger charge is -2.08. The van der Waals surface area contributed by atoms with E-state index in [1.807, 2.05) is 0 Å². The molecule has 0 rings (SSSR count). The second-order valence-corrected chi connectivity index (χ2v) is 3.23. The topological polar surface area (TPSA) is 84.5 Å². The standard InChI is InChI=1S/C9H16N2O4/c1-6(2)15-9(14)5-11-8(13)4-10-7(3)12/h6H,4-5H2,1-3H3,(H,10,12)(H,11,13). The lowest BCUT2D eigenvalue weighted by molar-refractivity contribution is -0.147. The van der Waals surface area contributed by atoms with Crippen LogP contribution in [0.3, 0.4) is 0 Å². The Labute approximate surface area is 88.4 Å². The Hall–Kier alpha value is -1.59. The summed E-state index contributed by atoms with van der Waals surface area (Å²) in [5.74, 6) is -1.22. The van der Waals surface area contributed by atoms with Gasteiger partial charge in [0, 0.05) is 6.92 Å². The summed E-state index contributed by atoms with van der Waals surface area (Å²) in [6.07, 6.45) is -0.204. The first kappa shape index (κ1) is 13.4. The number of hydrogen-bond donors (Lipinski definition) is 2. The van der Waals surface area contributed by atoms with E-state index < -0.39 is 11.9 Å². The monoisotopic (exact) mass is 216 g/mol. The summed E-state index contributed by atoms with van der Waals surface area (Å²) < 4.78 is 4.79. The van der Waals surface area contributed by atoms with Crippen molar-refractivity contribution in [3.8, 4) is 0 Å². The third-order valence-electron chi connectivity index (χ3n) is 1.29. The number of carbonyl (C=O) groups excluding carboxylic acids is 3. The average Bonchev–Trinajstić information content (AvgIpc) is 2.10. The van der Waals surface area contributed by atoms with Gasteiger partial charge in [-0.15, -0.1) is 0 Å². The first-order valence-corrected chi connectivity index (χ1v) is 4.62. The highest BCUT2D eigenvalue weighted by atomic mass is 16.5. The molecule has 0 aliphatic heterocycles. The molecule has 0 unspecified atom stereocenters. The fourth-order valence-electron chi connectivity index (χ4n) is 0.743. The lowest BCUT2D eigenvalue weighted by Crippen LogP contribution is -2.39. The van der Waals surface area contributed by atoms with Crippen molar-refractivity contribution in [1.82, 2.24) is 10.6 Å². The first-order chi connectivity index (χ1) is 6.91. The van der Waals surface area contributed by atoms with Crippen LogP contribution in [0.4, 0.5) is 0 Å². The molecule has 2 N–H and O–H groups in total. The van der Waals surface area contributed by atoms with Gasteiger partial charge in [0.2, 0.25) is 11.8 Å². The number of ether oxygens (including phenoxy) is 1. The molecular weight excluding hydrogens is 200 g/mol. The summed E-state index contributed by atoms with van der Waals surface area (Å²) in [4.78, 5) is 32.4. The van der Waals surface area contributed by atoms with Crippen molar-refractivity contribution >= 4 is 17.8 Å². The minimum Gasteiger partial charge on any atom is -0.462 e. The van der Waals surface area contributed by atoms with Gasteiger partial charge >= 0.3 is 5.97 Å². The van der Waals surface area contributed by atoms with Gasteiger partial charge in [-0.2, -0.15) is 0 Å². The van der Waals surface area contributed by atoms with E-state index >= 15 is 0 Å². The molecule has 86 valence electrons. The first-order valence-electron chi connectivity index (χ1n) is 4.62. The average molecular weight is 216 g/mol. The predicted octanol–water partition coefficient (Wildman–Crippen LogP) is -0.810. The van der Waals surface area contributed by atoms with Gasteiger partial charge in [-0.3, -0.25) is 14.4 Å². The van der Waals surface area contributed by atoms with Gasteiger partial charge in [0.05, 0.1) is 12.6 Å². The van der Waals surface area contributed by atoms with Crippen LogP contribution in [0.2, 0.25) is 0 Å². The highest BCUT2D eigenvalue weighted by Crippen LogP contribution is 1.87. The maximum absolute atomic E-state index is 11.0. The van der Waals surface area contributed by atoms with Crippen LogP contribution >= 0.6 is 0 Å². The Morgan fingerprint density at radius 3 is 2.20 bits per heavy atom. The number of rotatable bonds is 5. The number of hydrogen-bond acceptors (Lipinski definition) is 4. The normalized spacial score (nSPS) is 9.60. The largest absolute Gasteiger partial charge is 0.462 e. The predicted molar refractivity (Wildman–Crippen MR) is 52.9 cm³/mol. The van der Waals surface area contributed by atoms with Gasteiger partial charge in [-0.25, -0.2) is 0 Å². The van der Waals surface area contributed by atoms with E-state index in [4.69, 9.17) is 4.74 Å². The highest BCUT2D eigenvalue weighted by Gasteiger charge is 2.07. The molecular formula is C9H16N2O4. The number of esters is 1. The molecule has 0 bridgehead atoms. The van der Waals surface area contributed by atoms with E-state index in [0.717, 1.165) is 0 Å². The number of nitrogens with one attached hydrogen (secondary N) is 2. The van der Waals surface area contributed by atoms with E-state index in [-0.39, 0.29) is 25.1 Å². The molecule has 0 aliphatic rings. The second-order valence-electron chi connectivity index (χ2n) is 3.23. The Bertz CT molecular complexity index is 250. The molecule has 0 aliphatic carbocycles. The van der Waals surface area contributed by atoms with Crippen molar-refractivity contribution in [3.63, 3.8) is 0 Å². The Morgan fingerprint density at radius 2 is 1.73 bits per heavy atom. The minimum atomic E-state index is -0.499. The van der Waals surface area contributed by atoms with Crippen LogP contribution < -0.4 is 10.6 Å². The molecule has 0 fully saturated rings. The molecule has 0 aromatic carbocycles. The fraction of sp³-hybridized carbons (Fsp3) is 0.667. The highest BCUT2D eigenvalue weighted by molar-refractivity contribution is 5.86. The van der Waals surface area contributed by atoms with Crippen LogP contribution in [0, 0.1) is 0 Å². The van der Waals surface area contributed by atoms with Crippen LogP contribution in [0.5, 0.6) is 0 Å². The molecule has 0 aromatic heterocycles. The van der Waals surface area contributed by atoms with Crippen molar-refractivity contribution in [2.24, 2.45) is 0 Å². The quantitative estimate of drug-likeness (QED) is 0.589. The molecule has 15 heavy (non-hydrogen) atoms. The van der Waals surface area contributed by atoms with Gasteiger partial charge in [0.15, 0.2) is 0 Å². The van der Waals surface area contributed by atoms with Crippen LogP contribution in [0.1, 0.15) is 20.8 Å². The number of amides is 2. The van der Waals surface area contributed by atoms with Gasteiger partial charge in [0.25, 0.3) is 0 Å². The van der Waals surface area contributed by atoms with Crippen LogP contribution in [0.15, 0.2) is 0 Å². The smallest absolute Gasteiger partial charge is 0.325 e. The molecule has 2 amide bonds. The SMILES string of the molecule is CC(=O)NCC(=O)NCC(=O)OC(C)C. The molecule has 6 nitrogen and oxygen atoms in total. The molecule has 0 atom stereocenters. The Morgan fingerprint density at radius 1 is 1.13 bits per heavy atom. The van der Waals surface area contributed by atoms with Gasteiger partial charge in [-0.1, -0.05) is 0 Å². The van der Waals surface area contributed by atoms with Crippen molar-refractivity contribution in [3.05, 3.63) is 0 Å².